The van der Waals surface area contributed by atoms with Crippen LogP contribution in [0, 0.1) is 25.7 Å². The molecule has 2 N–H and O–H groups in total. The SMILES string of the molecule is CN=C(NCC1CC1)NCC1CCN(Cc2nc(C)c(C)o2)CC1. The van der Waals surface area contributed by atoms with Gasteiger partial charge in [-0.1, -0.05) is 0 Å². The number of aryl methyl sites for hydroxylation is 2. The third-order valence-corrected chi connectivity index (χ3v) is 5.18. The number of aliphatic imine (C=N–C) groups is 1. The molecule has 0 aromatic carbocycles. The summed E-state index contributed by atoms with van der Waals surface area (Å²) in [7, 11) is 1.85. The molecule has 6 heteroatoms. The van der Waals surface area contributed by atoms with Crippen LogP contribution in [0.4, 0.5) is 0 Å². The van der Waals surface area contributed by atoms with Crippen LogP contribution < -0.4 is 10.6 Å². The Morgan fingerprint density at radius 2 is 1.75 bits per heavy atom. The lowest BCUT2D eigenvalue weighted by Gasteiger charge is -2.31. The normalized spacial score (nSPS) is 20.4. The van der Waals surface area contributed by atoms with Gasteiger partial charge in [0.25, 0.3) is 0 Å². The van der Waals surface area contributed by atoms with Crippen molar-refractivity contribution in [2.75, 3.05) is 33.2 Å². The molecule has 2 aliphatic rings. The van der Waals surface area contributed by atoms with Gasteiger partial charge < -0.3 is 15.1 Å². The van der Waals surface area contributed by atoms with E-state index in [4.69, 9.17) is 4.42 Å². The minimum atomic E-state index is 0.716. The quantitative estimate of drug-likeness (QED) is 0.616. The lowest BCUT2D eigenvalue weighted by Crippen LogP contribution is -2.43. The van der Waals surface area contributed by atoms with Crippen LogP contribution in [0.2, 0.25) is 0 Å². The summed E-state index contributed by atoms with van der Waals surface area (Å²) in [5.41, 5.74) is 1.01. The lowest BCUT2D eigenvalue weighted by atomic mass is 9.97. The molecule has 2 fully saturated rings. The minimum absolute atomic E-state index is 0.716. The van der Waals surface area contributed by atoms with Crippen LogP contribution in [0.5, 0.6) is 0 Å². The van der Waals surface area contributed by atoms with Gasteiger partial charge in [0.05, 0.1) is 12.2 Å². The summed E-state index contributed by atoms with van der Waals surface area (Å²) in [6.07, 6.45) is 5.16. The molecule has 2 heterocycles. The van der Waals surface area contributed by atoms with E-state index in [1.165, 1.54) is 25.7 Å². The largest absolute Gasteiger partial charge is 0.444 e. The van der Waals surface area contributed by atoms with Gasteiger partial charge in [-0.05, 0) is 64.5 Å². The number of aromatic nitrogens is 1. The molecule has 3 rings (SSSR count). The zero-order chi connectivity index (χ0) is 16.9. The van der Waals surface area contributed by atoms with Crippen LogP contribution in [-0.4, -0.2) is 49.1 Å². The average Bonchev–Trinajstić information content (AvgIpc) is 3.35. The van der Waals surface area contributed by atoms with Crippen molar-refractivity contribution in [3.8, 4) is 0 Å². The van der Waals surface area contributed by atoms with Crippen molar-refractivity contribution in [1.29, 1.82) is 0 Å². The number of likely N-dealkylation sites (tertiary alicyclic amines) is 1. The van der Waals surface area contributed by atoms with Gasteiger partial charge in [-0.15, -0.1) is 0 Å². The van der Waals surface area contributed by atoms with E-state index in [0.717, 1.165) is 61.9 Å². The topological polar surface area (TPSA) is 65.7 Å². The molecule has 1 aromatic rings. The van der Waals surface area contributed by atoms with E-state index < -0.39 is 0 Å². The van der Waals surface area contributed by atoms with Crippen LogP contribution >= 0.6 is 0 Å². The summed E-state index contributed by atoms with van der Waals surface area (Å²) < 4.78 is 5.70. The molecule has 1 saturated heterocycles. The van der Waals surface area contributed by atoms with Gasteiger partial charge in [0.1, 0.15) is 5.76 Å². The second kappa shape index (κ2) is 8.01. The summed E-state index contributed by atoms with van der Waals surface area (Å²) in [4.78, 5) is 11.3. The summed E-state index contributed by atoms with van der Waals surface area (Å²) in [6, 6.07) is 0. The second-order valence-corrected chi connectivity index (χ2v) is 7.25. The summed E-state index contributed by atoms with van der Waals surface area (Å²) in [5, 5.41) is 6.91. The van der Waals surface area contributed by atoms with Crippen molar-refractivity contribution in [3.05, 3.63) is 17.3 Å². The van der Waals surface area contributed by atoms with Crippen LogP contribution in [0.25, 0.3) is 0 Å². The number of rotatable bonds is 6. The number of oxazole rings is 1. The van der Waals surface area contributed by atoms with Gasteiger partial charge in [0, 0.05) is 20.1 Å². The number of hydrogen-bond acceptors (Lipinski definition) is 4. The molecule has 0 amide bonds. The van der Waals surface area contributed by atoms with Crippen molar-refractivity contribution in [2.45, 2.75) is 46.1 Å². The molecule has 6 nitrogen and oxygen atoms in total. The smallest absolute Gasteiger partial charge is 0.208 e. The molecule has 0 spiro atoms. The number of piperidine rings is 1. The van der Waals surface area contributed by atoms with Gasteiger partial charge >= 0.3 is 0 Å². The third-order valence-electron chi connectivity index (χ3n) is 5.18. The van der Waals surface area contributed by atoms with Crippen molar-refractivity contribution in [2.24, 2.45) is 16.8 Å². The highest BCUT2D eigenvalue weighted by molar-refractivity contribution is 5.79. The first kappa shape index (κ1) is 17.3. The molecule has 0 radical (unpaired) electrons. The van der Waals surface area contributed by atoms with E-state index in [-0.39, 0.29) is 0 Å². The van der Waals surface area contributed by atoms with Crippen molar-refractivity contribution in [1.82, 2.24) is 20.5 Å². The molecule has 0 atom stereocenters. The van der Waals surface area contributed by atoms with E-state index in [1.54, 1.807) is 0 Å². The summed E-state index contributed by atoms with van der Waals surface area (Å²) >= 11 is 0. The number of nitrogens with one attached hydrogen (secondary N) is 2. The summed E-state index contributed by atoms with van der Waals surface area (Å²) in [6.45, 7) is 9.11. The van der Waals surface area contributed by atoms with Gasteiger partial charge in [-0.3, -0.25) is 9.89 Å². The van der Waals surface area contributed by atoms with Crippen LogP contribution in [0.3, 0.4) is 0 Å². The minimum Gasteiger partial charge on any atom is -0.444 e. The number of nitrogens with zero attached hydrogens (tertiary/aromatic N) is 3. The molecular weight excluding hydrogens is 302 g/mol. The van der Waals surface area contributed by atoms with E-state index in [1.807, 2.05) is 20.9 Å². The highest BCUT2D eigenvalue weighted by Crippen LogP contribution is 2.27. The fourth-order valence-corrected chi connectivity index (χ4v) is 3.17. The van der Waals surface area contributed by atoms with Crippen molar-refractivity contribution in [3.63, 3.8) is 0 Å². The Hall–Kier alpha value is -1.56. The molecule has 134 valence electrons. The maximum absolute atomic E-state index is 5.70. The van der Waals surface area contributed by atoms with E-state index in [0.29, 0.717) is 5.92 Å². The first-order chi connectivity index (χ1) is 11.6. The van der Waals surface area contributed by atoms with E-state index in [9.17, 15) is 0 Å². The van der Waals surface area contributed by atoms with Gasteiger partial charge in [-0.2, -0.15) is 0 Å². The van der Waals surface area contributed by atoms with Crippen molar-refractivity contribution >= 4 is 5.96 Å². The molecule has 1 aliphatic heterocycles. The standard InChI is InChI=1S/C18H31N5O/c1-13-14(2)24-17(22-13)12-23-8-6-16(7-9-23)11-21-18(19-3)20-10-15-4-5-15/h15-16H,4-12H2,1-3H3,(H2,19,20,21). The van der Waals surface area contributed by atoms with Crippen LogP contribution in [-0.2, 0) is 6.54 Å². The first-order valence-corrected chi connectivity index (χ1v) is 9.24. The molecule has 24 heavy (non-hydrogen) atoms. The Balaban J connectivity index is 1.35. The zero-order valence-electron chi connectivity index (χ0n) is 15.3. The predicted molar refractivity (Wildman–Crippen MR) is 96.1 cm³/mol. The highest BCUT2D eigenvalue weighted by Gasteiger charge is 2.23. The Morgan fingerprint density at radius 3 is 2.25 bits per heavy atom. The fraction of sp³-hybridized carbons (Fsp3) is 0.778. The molecule has 1 aliphatic carbocycles. The number of hydrogen-bond donors (Lipinski definition) is 2. The molecular formula is C18H31N5O. The van der Waals surface area contributed by atoms with Crippen LogP contribution in [0.15, 0.2) is 9.41 Å². The van der Waals surface area contributed by atoms with Crippen molar-refractivity contribution < 1.29 is 4.42 Å². The predicted octanol–water partition coefficient (Wildman–Crippen LogP) is 2.08. The molecule has 1 saturated carbocycles. The zero-order valence-corrected chi connectivity index (χ0v) is 15.3. The van der Waals surface area contributed by atoms with E-state index in [2.05, 4.69) is 25.5 Å². The third kappa shape index (κ3) is 4.97. The summed E-state index contributed by atoms with van der Waals surface area (Å²) in [5.74, 6) is 4.33. The molecule has 0 unspecified atom stereocenters. The maximum Gasteiger partial charge on any atom is 0.208 e. The monoisotopic (exact) mass is 333 g/mol. The first-order valence-electron chi connectivity index (χ1n) is 9.24. The Kier molecular flexibility index (Phi) is 5.76. The van der Waals surface area contributed by atoms with Crippen LogP contribution in [0.1, 0.15) is 43.0 Å². The lowest BCUT2D eigenvalue weighted by molar-refractivity contribution is 0.164. The Bertz CT molecular complexity index is 536. The Labute approximate surface area is 145 Å². The number of guanidine groups is 1. The van der Waals surface area contributed by atoms with E-state index >= 15 is 0 Å². The molecule has 0 bridgehead atoms. The maximum atomic E-state index is 5.70. The Morgan fingerprint density at radius 1 is 1.12 bits per heavy atom. The fourth-order valence-electron chi connectivity index (χ4n) is 3.17. The second-order valence-electron chi connectivity index (χ2n) is 7.25. The van der Waals surface area contributed by atoms with Gasteiger partial charge in [-0.25, -0.2) is 4.98 Å². The van der Waals surface area contributed by atoms with Gasteiger partial charge in [0.15, 0.2) is 5.96 Å². The molecule has 1 aromatic heterocycles. The highest BCUT2D eigenvalue weighted by atomic mass is 16.4. The average molecular weight is 333 g/mol. The van der Waals surface area contributed by atoms with Gasteiger partial charge in [0.2, 0.25) is 5.89 Å².